The smallest absolute Gasteiger partial charge is 0.309 e. The monoisotopic (exact) mass is 505 g/mol. The molecule has 1 fully saturated rings. The van der Waals surface area contributed by atoms with Crippen molar-refractivity contribution in [1.29, 1.82) is 0 Å². The van der Waals surface area contributed by atoms with Crippen LogP contribution in [0.25, 0.3) is 16.7 Å². The van der Waals surface area contributed by atoms with E-state index in [4.69, 9.17) is 9.84 Å². The molecule has 2 aliphatic rings. The molecule has 0 amide bonds. The van der Waals surface area contributed by atoms with Gasteiger partial charge in [-0.25, -0.2) is 0 Å². The standard InChI is InChI=1S/C19H25NO3.C12H10.ClH/c1-3-8-23-17-6-7-18-13(2)15(5-4-14(18)9-17)10-20-11-16(12-20)19(21)22;1-3-7-11(8-4-1)12-9-5-2-6-10-12;/h6-7,9,16H,3-5,8,10-12H2,1-2H3,(H,21,22);1-10H;1H. The van der Waals surface area contributed by atoms with Crippen LogP contribution in [0.15, 0.2) is 84.4 Å². The topological polar surface area (TPSA) is 49.8 Å². The summed E-state index contributed by atoms with van der Waals surface area (Å²) >= 11 is 0. The van der Waals surface area contributed by atoms with E-state index in [9.17, 15) is 4.79 Å². The zero-order valence-corrected chi connectivity index (χ0v) is 22.0. The maximum Gasteiger partial charge on any atom is 0.309 e. The van der Waals surface area contributed by atoms with Gasteiger partial charge in [-0.3, -0.25) is 9.69 Å². The number of fused-ring (bicyclic) bond motifs is 1. The summed E-state index contributed by atoms with van der Waals surface area (Å²) in [4.78, 5) is 13.1. The summed E-state index contributed by atoms with van der Waals surface area (Å²) in [6.45, 7) is 7.34. The van der Waals surface area contributed by atoms with Gasteiger partial charge < -0.3 is 9.84 Å². The number of carbonyl (C=O) groups is 1. The number of carboxylic acids is 1. The third kappa shape index (κ3) is 6.99. The van der Waals surface area contributed by atoms with E-state index in [1.807, 2.05) is 12.1 Å². The third-order valence-corrected chi connectivity index (χ3v) is 6.78. The van der Waals surface area contributed by atoms with Crippen molar-refractivity contribution in [3.63, 3.8) is 0 Å². The third-order valence-electron chi connectivity index (χ3n) is 6.78. The van der Waals surface area contributed by atoms with Gasteiger partial charge in [0, 0.05) is 19.6 Å². The van der Waals surface area contributed by atoms with Crippen molar-refractivity contribution in [3.05, 3.63) is 95.6 Å². The fourth-order valence-corrected chi connectivity index (χ4v) is 4.70. The summed E-state index contributed by atoms with van der Waals surface area (Å²) in [7, 11) is 0. The maximum atomic E-state index is 10.9. The molecular formula is C31H36ClNO3. The molecule has 0 saturated carbocycles. The molecule has 1 saturated heterocycles. The Hall–Kier alpha value is -3.08. The molecule has 4 nitrogen and oxygen atoms in total. The van der Waals surface area contributed by atoms with Crippen LogP contribution in [0.1, 0.15) is 37.8 Å². The van der Waals surface area contributed by atoms with Crippen LogP contribution in [0.5, 0.6) is 5.75 Å². The summed E-state index contributed by atoms with van der Waals surface area (Å²) in [6.07, 6.45) is 3.12. The minimum absolute atomic E-state index is 0. The molecule has 3 aromatic carbocycles. The number of hydrogen-bond acceptors (Lipinski definition) is 3. The first-order chi connectivity index (χ1) is 17.0. The fraction of sp³-hybridized carbons (Fsp3) is 0.323. The lowest BCUT2D eigenvalue weighted by atomic mass is 9.85. The summed E-state index contributed by atoms with van der Waals surface area (Å²) in [5, 5.41) is 8.98. The second-order valence-electron chi connectivity index (χ2n) is 9.36. The molecule has 0 unspecified atom stereocenters. The second-order valence-corrected chi connectivity index (χ2v) is 9.36. The molecule has 3 aromatic rings. The first-order valence-corrected chi connectivity index (χ1v) is 12.6. The molecule has 0 atom stereocenters. The van der Waals surface area contributed by atoms with Gasteiger partial charge in [-0.05, 0) is 66.1 Å². The van der Waals surface area contributed by atoms with E-state index in [1.54, 1.807) is 0 Å². The lowest BCUT2D eigenvalue weighted by Crippen LogP contribution is -2.50. The molecule has 36 heavy (non-hydrogen) atoms. The minimum atomic E-state index is -0.666. The number of rotatable bonds is 7. The van der Waals surface area contributed by atoms with Crippen molar-refractivity contribution in [2.45, 2.75) is 33.1 Å². The molecule has 1 heterocycles. The Morgan fingerprint density at radius 1 is 0.944 bits per heavy atom. The Balaban J connectivity index is 0.000000234. The Kier molecular flexibility index (Phi) is 10.2. The highest BCUT2D eigenvalue weighted by Crippen LogP contribution is 2.34. The van der Waals surface area contributed by atoms with Gasteiger partial charge in [0.2, 0.25) is 0 Å². The van der Waals surface area contributed by atoms with Crippen LogP contribution in [0.2, 0.25) is 0 Å². The van der Waals surface area contributed by atoms with E-state index < -0.39 is 5.97 Å². The Bertz CT molecular complexity index is 1120. The van der Waals surface area contributed by atoms with Crippen LogP contribution in [0.3, 0.4) is 0 Å². The number of hydrogen-bond donors (Lipinski definition) is 1. The van der Waals surface area contributed by atoms with Crippen LogP contribution in [0, 0.1) is 5.92 Å². The lowest BCUT2D eigenvalue weighted by molar-refractivity contribution is -0.147. The van der Waals surface area contributed by atoms with Crippen molar-refractivity contribution in [2.24, 2.45) is 5.92 Å². The average molecular weight is 506 g/mol. The molecule has 1 N–H and O–H groups in total. The summed E-state index contributed by atoms with van der Waals surface area (Å²) in [6, 6.07) is 27.2. The van der Waals surface area contributed by atoms with Gasteiger partial charge in [0.05, 0.1) is 12.5 Å². The molecule has 0 bridgehead atoms. The SMILES string of the molecule is CCCOc1ccc2c(c1)CCC(CN1CC(C(=O)O)C1)=C2C.Cl.c1ccc(-c2ccccc2)cc1. The van der Waals surface area contributed by atoms with Crippen LogP contribution in [-0.2, 0) is 11.2 Å². The van der Waals surface area contributed by atoms with E-state index in [0.717, 1.165) is 38.2 Å². The van der Waals surface area contributed by atoms with E-state index >= 15 is 0 Å². The zero-order chi connectivity index (χ0) is 24.6. The summed E-state index contributed by atoms with van der Waals surface area (Å²) in [5.74, 6) is 0.125. The minimum Gasteiger partial charge on any atom is -0.494 e. The van der Waals surface area contributed by atoms with E-state index in [0.29, 0.717) is 13.1 Å². The van der Waals surface area contributed by atoms with Crippen molar-refractivity contribution in [2.75, 3.05) is 26.2 Å². The van der Waals surface area contributed by atoms with Gasteiger partial charge >= 0.3 is 5.97 Å². The number of aryl methyl sites for hydroxylation is 1. The fourth-order valence-electron chi connectivity index (χ4n) is 4.70. The first-order valence-electron chi connectivity index (χ1n) is 12.6. The number of benzene rings is 3. The van der Waals surface area contributed by atoms with Crippen molar-refractivity contribution >= 4 is 23.9 Å². The van der Waals surface area contributed by atoms with E-state index in [-0.39, 0.29) is 18.3 Å². The predicted octanol–water partition coefficient (Wildman–Crippen LogP) is 6.99. The van der Waals surface area contributed by atoms with Crippen LogP contribution < -0.4 is 4.74 Å². The number of allylic oxidation sites excluding steroid dienone is 1. The number of likely N-dealkylation sites (tertiary alicyclic amines) is 1. The van der Waals surface area contributed by atoms with E-state index in [1.165, 1.54) is 33.4 Å². The van der Waals surface area contributed by atoms with Gasteiger partial charge in [-0.2, -0.15) is 0 Å². The average Bonchev–Trinajstić information content (AvgIpc) is 2.87. The normalized spacial score (nSPS) is 15.1. The molecule has 190 valence electrons. The van der Waals surface area contributed by atoms with Crippen LogP contribution >= 0.6 is 12.4 Å². The Morgan fingerprint density at radius 3 is 2.11 bits per heavy atom. The highest BCUT2D eigenvalue weighted by atomic mass is 35.5. The second kappa shape index (κ2) is 13.3. The molecule has 1 aliphatic heterocycles. The van der Waals surface area contributed by atoms with Crippen LogP contribution in [0.4, 0.5) is 0 Å². The first kappa shape index (κ1) is 27.5. The number of halogens is 1. The molecular weight excluding hydrogens is 470 g/mol. The van der Waals surface area contributed by atoms with Gasteiger partial charge in [0.1, 0.15) is 5.75 Å². The quantitative estimate of drug-likeness (QED) is 0.376. The largest absolute Gasteiger partial charge is 0.494 e. The van der Waals surface area contributed by atoms with Gasteiger partial charge in [0.15, 0.2) is 0 Å². The molecule has 5 rings (SSSR count). The summed E-state index contributed by atoms with van der Waals surface area (Å²) < 4.78 is 5.73. The predicted molar refractivity (Wildman–Crippen MR) is 150 cm³/mol. The zero-order valence-electron chi connectivity index (χ0n) is 21.2. The van der Waals surface area contributed by atoms with Crippen molar-refractivity contribution in [3.8, 4) is 16.9 Å². The molecule has 5 heteroatoms. The number of aliphatic carboxylic acids is 1. The Morgan fingerprint density at radius 2 is 1.56 bits per heavy atom. The maximum absolute atomic E-state index is 10.9. The molecule has 0 aromatic heterocycles. The number of ether oxygens (including phenoxy) is 1. The van der Waals surface area contributed by atoms with E-state index in [2.05, 4.69) is 85.5 Å². The van der Waals surface area contributed by atoms with Crippen LogP contribution in [-0.4, -0.2) is 42.2 Å². The van der Waals surface area contributed by atoms with Crippen molar-refractivity contribution in [1.82, 2.24) is 4.90 Å². The summed E-state index contributed by atoms with van der Waals surface area (Å²) in [5.41, 5.74) is 8.05. The highest BCUT2D eigenvalue weighted by molar-refractivity contribution is 5.85. The molecule has 0 radical (unpaired) electrons. The number of nitrogens with zero attached hydrogens (tertiary/aromatic N) is 1. The van der Waals surface area contributed by atoms with Crippen molar-refractivity contribution < 1.29 is 14.6 Å². The molecule has 0 spiro atoms. The Labute approximate surface area is 221 Å². The van der Waals surface area contributed by atoms with Gasteiger partial charge in [-0.15, -0.1) is 12.4 Å². The van der Waals surface area contributed by atoms with Gasteiger partial charge in [-0.1, -0.05) is 79.2 Å². The molecule has 1 aliphatic carbocycles. The van der Waals surface area contributed by atoms with Gasteiger partial charge in [0.25, 0.3) is 0 Å². The lowest BCUT2D eigenvalue weighted by Gasteiger charge is -2.38. The number of carboxylic acid groups (broad SMARTS) is 1. The highest BCUT2D eigenvalue weighted by Gasteiger charge is 2.33.